The number of pyridine rings is 1. The van der Waals surface area contributed by atoms with Gasteiger partial charge >= 0.3 is 6.18 Å². The van der Waals surface area contributed by atoms with Gasteiger partial charge in [-0.3, -0.25) is 4.68 Å². The Balaban J connectivity index is 1.23. The maximum absolute atomic E-state index is 13.8. The van der Waals surface area contributed by atoms with E-state index in [9.17, 15) is 21.6 Å². The smallest absolute Gasteiger partial charge is 0.418 e. The average molecular weight is 578 g/mol. The maximum Gasteiger partial charge on any atom is 0.418 e. The quantitative estimate of drug-likeness (QED) is 0.404. The molecule has 2 saturated heterocycles. The first kappa shape index (κ1) is 26.9. The van der Waals surface area contributed by atoms with Crippen molar-refractivity contribution < 1.29 is 31.1 Å². The Labute approximate surface area is 230 Å². The van der Waals surface area contributed by atoms with Gasteiger partial charge in [-0.05, 0) is 49.9 Å². The molecule has 3 aromatic rings. The molecule has 1 saturated carbocycles. The zero-order chi connectivity index (χ0) is 27.9. The van der Waals surface area contributed by atoms with E-state index in [1.54, 1.807) is 18.3 Å². The summed E-state index contributed by atoms with van der Waals surface area (Å²) in [6, 6.07) is 7.55. The normalized spacial score (nSPS) is 19.9. The summed E-state index contributed by atoms with van der Waals surface area (Å²) in [5, 5.41) is 7.92. The van der Waals surface area contributed by atoms with Crippen LogP contribution in [0.5, 0.6) is 11.5 Å². The number of rotatable bonds is 7. The number of benzene rings is 1. The molecule has 0 atom stereocenters. The van der Waals surface area contributed by atoms with Gasteiger partial charge in [-0.1, -0.05) is 0 Å². The number of nitrogens with one attached hydrogen (secondary N) is 1. The molecule has 9 nitrogen and oxygen atoms in total. The van der Waals surface area contributed by atoms with E-state index in [1.165, 1.54) is 17.0 Å². The van der Waals surface area contributed by atoms with Gasteiger partial charge in [-0.25, -0.2) is 13.4 Å². The van der Waals surface area contributed by atoms with Crippen molar-refractivity contribution in [1.82, 2.24) is 14.8 Å². The summed E-state index contributed by atoms with van der Waals surface area (Å²) in [4.78, 5) is 5.79. The molecule has 0 bridgehead atoms. The van der Waals surface area contributed by atoms with E-state index in [0.29, 0.717) is 42.3 Å². The second-order valence-corrected chi connectivity index (χ2v) is 12.8. The van der Waals surface area contributed by atoms with Crippen molar-refractivity contribution >= 4 is 27.0 Å². The van der Waals surface area contributed by atoms with Gasteiger partial charge in [0, 0.05) is 50.2 Å². The van der Waals surface area contributed by atoms with E-state index in [-0.39, 0.29) is 36.2 Å². The summed E-state index contributed by atoms with van der Waals surface area (Å²) in [6.07, 6.45) is 2.87. The molecule has 1 aromatic carbocycles. The molecule has 4 heterocycles. The van der Waals surface area contributed by atoms with Crippen LogP contribution in [0, 0.1) is 0 Å². The molecular weight excluding hydrogens is 547 g/mol. The number of halogens is 3. The Hall–Kier alpha value is -3.32. The zero-order valence-corrected chi connectivity index (χ0v) is 22.5. The number of hydrogen-bond acceptors (Lipinski definition) is 8. The fourth-order valence-electron chi connectivity index (χ4n) is 5.13. The van der Waals surface area contributed by atoms with Crippen LogP contribution in [0.25, 0.3) is 0 Å². The third-order valence-electron chi connectivity index (χ3n) is 7.47. The van der Waals surface area contributed by atoms with Crippen molar-refractivity contribution in [3.05, 3.63) is 54.0 Å². The molecule has 40 heavy (non-hydrogen) atoms. The first-order chi connectivity index (χ1) is 19.1. The largest absolute Gasteiger partial charge is 0.454 e. The summed E-state index contributed by atoms with van der Waals surface area (Å²) < 4.78 is 78.8. The molecule has 2 aliphatic heterocycles. The third-order valence-corrected chi connectivity index (χ3v) is 9.08. The summed E-state index contributed by atoms with van der Waals surface area (Å²) in [5.41, 5.74) is 0.437. The highest BCUT2D eigenvalue weighted by Crippen LogP contribution is 2.41. The molecule has 3 aliphatic rings. The zero-order valence-electron chi connectivity index (χ0n) is 21.7. The van der Waals surface area contributed by atoms with E-state index in [0.717, 1.165) is 37.4 Å². The highest BCUT2D eigenvalue weighted by molar-refractivity contribution is 7.91. The Bertz CT molecular complexity index is 1470. The monoisotopic (exact) mass is 577 g/mol. The molecule has 3 fully saturated rings. The van der Waals surface area contributed by atoms with Crippen LogP contribution in [0.1, 0.15) is 48.9 Å². The number of nitrogens with zero attached hydrogens (tertiary/aromatic N) is 4. The van der Waals surface area contributed by atoms with Gasteiger partial charge in [0.25, 0.3) is 0 Å². The molecule has 13 heteroatoms. The Morgan fingerprint density at radius 1 is 1.02 bits per heavy atom. The molecule has 0 unspecified atom stereocenters. The van der Waals surface area contributed by atoms with Gasteiger partial charge in [-0.15, -0.1) is 0 Å². The molecule has 214 valence electrons. The predicted octanol–water partition coefficient (Wildman–Crippen LogP) is 5.30. The summed E-state index contributed by atoms with van der Waals surface area (Å²) >= 11 is 0. The maximum atomic E-state index is 13.8. The Morgan fingerprint density at radius 2 is 1.77 bits per heavy atom. The number of sulfone groups is 1. The minimum atomic E-state index is -4.58. The summed E-state index contributed by atoms with van der Waals surface area (Å²) in [7, 11) is -3.25. The van der Waals surface area contributed by atoms with E-state index < -0.39 is 21.6 Å². The van der Waals surface area contributed by atoms with Gasteiger partial charge in [0.1, 0.15) is 17.3 Å². The Morgan fingerprint density at radius 3 is 2.48 bits per heavy atom. The number of ether oxygens (including phenoxy) is 2. The van der Waals surface area contributed by atoms with Gasteiger partial charge in [0.2, 0.25) is 0 Å². The number of aromatic nitrogens is 3. The fraction of sp³-hybridized carbons (Fsp3) is 0.481. The number of alkyl halides is 3. The van der Waals surface area contributed by atoms with E-state index >= 15 is 0 Å². The van der Waals surface area contributed by atoms with Crippen molar-refractivity contribution in [2.45, 2.75) is 43.8 Å². The topological polar surface area (TPSA) is 98.6 Å². The average Bonchev–Trinajstić information content (AvgIpc) is 3.69. The lowest BCUT2D eigenvalue weighted by molar-refractivity contribution is -0.137. The summed E-state index contributed by atoms with van der Waals surface area (Å²) in [6.45, 7) is 1.37. The lowest BCUT2D eigenvalue weighted by Gasteiger charge is -2.31. The van der Waals surface area contributed by atoms with Crippen LogP contribution in [0.4, 0.5) is 30.4 Å². The van der Waals surface area contributed by atoms with Crippen LogP contribution in [0.15, 0.2) is 42.7 Å². The molecule has 1 aliphatic carbocycles. The molecule has 0 radical (unpaired) electrons. The first-order valence-corrected chi connectivity index (χ1v) is 15.2. The van der Waals surface area contributed by atoms with Crippen LogP contribution in [-0.2, 0) is 20.8 Å². The van der Waals surface area contributed by atoms with E-state index in [1.807, 2.05) is 10.9 Å². The minimum absolute atomic E-state index is 0.000430. The summed E-state index contributed by atoms with van der Waals surface area (Å²) in [5.74, 6) is 1.49. The lowest BCUT2D eigenvalue weighted by Crippen LogP contribution is -2.41. The molecule has 6 rings (SSSR count). The molecule has 1 N–H and O–H groups in total. The number of hydrogen-bond donors (Lipinski definition) is 1. The van der Waals surface area contributed by atoms with Gasteiger partial charge in [0.05, 0.1) is 35.0 Å². The van der Waals surface area contributed by atoms with Crippen LogP contribution >= 0.6 is 0 Å². The van der Waals surface area contributed by atoms with E-state index in [2.05, 4.69) is 10.3 Å². The van der Waals surface area contributed by atoms with Crippen LogP contribution < -0.4 is 15.0 Å². The highest BCUT2D eigenvalue weighted by Gasteiger charge is 2.36. The second-order valence-electron chi connectivity index (χ2n) is 10.4. The third kappa shape index (κ3) is 6.04. The predicted molar refractivity (Wildman–Crippen MR) is 143 cm³/mol. The number of anilines is 3. The van der Waals surface area contributed by atoms with Crippen LogP contribution in [0.2, 0.25) is 0 Å². The van der Waals surface area contributed by atoms with Crippen molar-refractivity contribution in [1.29, 1.82) is 0 Å². The molecule has 0 amide bonds. The SMILES string of the molecule is O=S1(=O)CCN(c2cc(Nc3cc(Oc4cn(C5CC5)nc4C4CCOCC4)ccn3)ccc2C(F)(F)F)CC1. The van der Waals surface area contributed by atoms with Crippen molar-refractivity contribution in [2.24, 2.45) is 0 Å². The van der Waals surface area contributed by atoms with Gasteiger partial charge < -0.3 is 19.7 Å². The van der Waals surface area contributed by atoms with Crippen molar-refractivity contribution in [3.8, 4) is 11.5 Å². The molecular formula is C27H30F3N5O4S. The Kier molecular flexibility index (Phi) is 7.11. The highest BCUT2D eigenvalue weighted by atomic mass is 32.2. The van der Waals surface area contributed by atoms with Crippen molar-refractivity contribution in [3.63, 3.8) is 0 Å². The minimum Gasteiger partial charge on any atom is -0.454 e. The van der Waals surface area contributed by atoms with Gasteiger partial charge in [-0.2, -0.15) is 18.3 Å². The fourth-order valence-corrected chi connectivity index (χ4v) is 6.33. The van der Waals surface area contributed by atoms with Crippen LogP contribution in [-0.4, -0.2) is 61.0 Å². The second kappa shape index (κ2) is 10.6. The first-order valence-electron chi connectivity index (χ1n) is 13.4. The van der Waals surface area contributed by atoms with Crippen molar-refractivity contribution in [2.75, 3.05) is 48.0 Å². The van der Waals surface area contributed by atoms with Gasteiger partial charge in [0.15, 0.2) is 15.6 Å². The lowest BCUT2D eigenvalue weighted by atomic mass is 9.96. The molecule has 2 aromatic heterocycles. The standard InChI is InChI=1S/C27H30F3N5O4S/c28-27(29,30)22-4-1-19(15-23(22)34-9-13-40(36,37)14-10-34)32-25-16-21(5-8-31-25)39-24-17-35(20-2-3-20)33-26(24)18-6-11-38-12-7-18/h1,4-5,8,15-18,20H,2-3,6-7,9-14H2,(H,31,32). The molecule has 0 spiro atoms. The van der Waals surface area contributed by atoms with Crippen LogP contribution in [0.3, 0.4) is 0 Å². The van der Waals surface area contributed by atoms with E-state index in [4.69, 9.17) is 14.6 Å².